The Morgan fingerprint density at radius 2 is 1.90 bits per heavy atom. The van der Waals surface area contributed by atoms with E-state index in [-0.39, 0.29) is 5.92 Å². The van der Waals surface area contributed by atoms with Crippen LogP contribution in [0.1, 0.15) is 22.7 Å². The first-order valence-corrected chi connectivity index (χ1v) is 8.17. The number of nitrogens with one attached hydrogen (secondary N) is 1. The molecule has 0 radical (unpaired) electrons. The number of H-pyrrole nitrogens is 1. The van der Waals surface area contributed by atoms with Gasteiger partial charge in [0.1, 0.15) is 0 Å². The zero-order valence-electron chi connectivity index (χ0n) is 11.3. The van der Waals surface area contributed by atoms with Crippen molar-refractivity contribution in [2.75, 3.05) is 0 Å². The molecule has 1 N–H and O–H groups in total. The zero-order valence-corrected chi connectivity index (χ0v) is 14.2. The summed E-state index contributed by atoms with van der Waals surface area (Å²) in [6.07, 6.45) is 4.49. The lowest BCUT2D eigenvalue weighted by atomic mass is 9.89. The number of benzene rings is 2. The Labute approximate surface area is 142 Å². The Bertz CT molecular complexity index is 711. The van der Waals surface area contributed by atoms with Crippen molar-refractivity contribution >= 4 is 34.2 Å². The van der Waals surface area contributed by atoms with E-state index in [9.17, 15) is 0 Å². The smallest absolute Gasteiger partial charge is 0.0921 e. The lowest BCUT2D eigenvalue weighted by molar-refractivity contribution is 0.780. The summed E-state index contributed by atoms with van der Waals surface area (Å²) in [5.74, 6) is 0.178. The third kappa shape index (κ3) is 3.30. The minimum absolute atomic E-state index is 0.178. The first kappa shape index (κ1) is 14.6. The number of nitrogens with zero attached hydrogens (tertiary/aromatic N) is 1. The molecule has 3 rings (SSSR count). The van der Waals surface area contributed by atoms with E-state index in [0.29, 0.717) is 0 Å². The highest BCUT2D eigenvalue weighted by molar-refractivity contribution is 14.1. The molecule has 0 aliphatic heterocycles. The minimum atomic E-state index is 0.178. The second kappa shape index (κ2) is 6.62. The number of hydrogen-bond donors (Lipinski definition) is 1. The van der Waals surface area contributed by atoms with Crippen LogP contribution in [0.25, 0.3) is 0 Å². The normalized spacial score (nSPS) is 12.3. The summed E-state index contributed by atoms with van der Waals surface area (Å²) in [4.78, 5) is 7.39. The molecule has 0 fully saturated rings. The van der Waals surface area contributed by atoms with Crippen LogP contribution in [-0.2, 0) is 6.42 Å². The highest BCUT2D eigenvalue weighted by Gasteiger charge is 2.20. The van der Waals surface area contributed by atoms with Crippen molar-refractivity contribution in [3.63, 3.8) is 0 Å². The first-order valence-electron chi connectivity index (χ1n) is 6.72. The molecule has 2 nitrogen and oxygen atoms in total. The van der Waals surface area contributed by atoms with E-state index in [1.165, 1.54) is 5.56 Å². The zero-order chi connectivity index (χ0) is 14.7. The van der Waals surface area contributed by atoms with E-state index < -0.39 is 0 Å². The van der Waals surface area contributed by atoms with Crippen LogP contribution in [0.3, 0.4) is 0 Å². The monoisotopic (exact) mass is 408 g/mol. The topological polar surface area (TPSA) is 28.7 Å². The predicted octanol–water partition coefficient (Wildman–Crippen LogP) is 5.04. The van der Waals surface area contributed by atoms with Crippen LogP contribution < -0.4 is 0 Å². The number of rotatable bonds is 4. The van der Waals surface area contributed by atoms with E-state index in [0.717, 1.165) is 26.3 Å². The third-order valence-electron chi connectivity index (χ3n) is 3.53. The van der Waals surface area contributed by atoms with Crippen LogP contribution >= 0.6 is 34.2 Å². The van der Waals surface area contributed by atoms with Crippen molar-refractivity contribution in [1.82, 2.24) is 9.97 Å². The quantitative estimate of drug-likeness (QED) is 0.602. The fraction of sp³-hybridized carbons (Fsp3) is 0.118. The number of aromatic amines is 1. The van der Waals surface area contributed by atoms with Gasteiger partial charge in [0.05, 0.1) is 11.3 Å². The Hall–Kier alpha value is -1.33. The molecule has 0 bridgehead atoms. The largest absolute Gasteiger partial charge is 0.348 e. The minimum Gasteiger partial charge on any atom is -0.348 e. The number of imidazole rings is 1. The van der Waals surface area contributed by atoms with Crippen molar-refractivity contribution in [3.8, 4) is 0 Å². The maximum Gasteiger partial charge on any atom is 0.0921 e. The van der Waals surface area contributed by atoms with Crippen LogP contribution in [0.2, 0.25) is 5.02 Å². The van der Waals surface area contributed by atoms with E-state index in [1.807, 2.05) is 18.3 Å². The number of hydrogen-bond acceptors (Lipinski definition) is 1. The molecule has 0 saturated heterocycles. The maximum absolute atomic E-state index is 6.53. The van der Waals surface area contributed by atoms with Crippen molar-refractivity contribution in [2.45, 2.75) is 12.3 Å². The SMILES string of the molecule is Clc1c(I)cccc1C(Cc1ccccc1)c1cnc[nH]1. The van der Waals surface area contributed by atoms with Crippen molar-refractivity contribution in [1.29, 1.82) is 0 Å². The average molecular weight is 409 g/mol. The molecule has 106 valence electrons. The average Bonchev–Trinajstić information content (AvgIpc) is 3.03. The van der Waals surface area contributed by atoms with Gasteiger partial charge < -0.3 is 4.98 Å². The van der Waals surface area contributed by atoms with Gasteiger partial charge in [-0.25, -0.2) is 4.98 Å². The Morgan fingerprint density at radius 1 is 1.10 bits per heavy atom. The first-order chi connectivity index (χ1) is 10.3. The van der Waals surface area contributed by atoms with Gasteiger partial charge in [-0.3, -0.25) is 0 Å². The van der Waals surface area contributed by atoms with E-state index in [1.54, 1.807) is 6.33 Å². The molecule has 0 aliphatic carbocycles. The molecule has 1 heterocycles. The van der Waals surface area contributed by atoms with Crippen LogP contribution in [0.5, 0.6) is 0 Å². The summed E-state index contributed by atoms with van der Waals surface area (Å²) in [6, 6.07) is 16.6. The van der Waals surface area contributed by atoms with Gasteiger partial charge in [-0.05, 0) is 46.2 Å². The molecule has 1 aromatic heterocycles. The van der Waals surface area contributed by atoms with Crippen LogP contribution in [0.15, 0.2) is 61.1 Å². The molecule has 3 aromatic rings. The van der Waals surface area contributed by atoms with E-state index in [2.05, 4.69) is 69.0 Å². The fourth-order valence-corrected chi connectivity index (χ4v) is 3.26. The summed E-state index contributed by atoms with van der Waals surface area (Å²) in [6.45, 7) is 0. The molecule has 2 aromatic carbocycles. The van der Waals surface area contributed by atoms with Gasteiger partial charge in [0, 0.05) is 21.4 Å². The molecule has 21 heavy (non-hydrogen) atoms. The van der Waals surface area contributed by atoms with E-state index >= 15 is 0 Å². The second-order valence-corrected chi connectivity index (χ2v) is 6.43. The summed E-state index contributed by atoms with van der Waals surface area (Å²) in [7, 11) is 0. The molecule has 1 unspecified atom stereocenters. The second-order valence-electron chi connectivity index (χ2n) is 4.89. The number of aromatic nitrogens is 2. The lowest BCUT2D eigenvalue weighted by Crippen LogP contribution is -2.07. The van der Waals surface area contributed by atoms with Crippen LogP contribution in [0.4, 0.5) is 0 Å². The van der Waals surface area contributed by atoms with E-state index in [4.69, 9.17) is 11.6 Å². The Morgan fingerprint density at radius 3 is 2.62 bits per heavy atom. The lowest BCUT2D eigenvalue weighted by Gasteiger charge is -2.18. The van der Waals surface area contributed by atoms with Gasteiger partial charge in [0.25, 0.3) is 0 Å². The Kier molecular flexibility index (Phi) is 4.60. The van der Waals surface area contributed by atoms with Gasteiger partial charge in [-0.15, -0.1) is 0 Å². The van der Waals surface area contributed by atoms with Gasteiger partial charge in [-0.1, -0.05) is 54.1 Å². The molecule has 0 aliphatic rings. The molecule has 1 atom stereocenters. The molecular weight excluding hydrogens is 395 g/mol. The highest BCUT2D eigenvalue weighted by atomic mass is 127. The third-order valence-corrected chi connectivity index (χ3v) is 5.17. The van der Waals surface area contributed by atoms with Gasteiger partial charge in [-0.2, -0.15) is 0 Å². The number of halogens is 2. The van der Waals surface area contributed by atoms with Gasteiger partial charge in [0.2, 0.25) is 0 Å². The standard InChI is InChI=1S/C17H14ClIN2/c18-17-13(7-4-8-15(17)19)14(16-10-20-11-21-16)9-12-5-2-1-3-6-12/h1-8,10-11,14H,9H2,(H,20,21). The predicted molar refractivity (Wildman–Crippen MR) is 94.7 cm³/mol. The van der Waals surface area contributed by atoms with Gasteiger partial charge in [0.15, 0.2) is 0 Å². The van der Waals surface area contributed by atoms with Crippen molar-refractivity contribution in [3.05, 3.63) is 86.5 Å². The van der Waals surface area contributed by atoms with Gasteiger partial charge >= 0.3 is 0 Å². The molecule has 4 heteroatoms. The van der Waals surface area contributed by atoms with Crippen molar-refractivity contribution in [2.24, 2.45) is 0 Å². The summed E-state index contributed by atoms with van der Waals surface area (Å²) < 4.78 is 1.07. The summed E-state index contributed by atoms with van der Waals surface area (Å²) >= 11 is 8.80. The molecular formula is C17H14ClIN2. The molecule has 0 amide bonds. The molecule has 0 spiro atoms. The summed E-state index contributed by atoms with van der Waals surface area (Å²) in [5.41, 5.74) is 3.51. The fourth-order valence-electron chi connectivity index (χ4n) is 2.48. The van der Waals surface area contributed by atoms with Crippen LogP contribution in [-0.4, -0.2) is 9.97 Å². The maximum atomic E-state index is 6.53. The molecule has 0 saturated carbocycles. The summed E-state index contributed by atoms with van der Waals surface area (Å²) in [5, 5.41) is 0.827. The Balaban J connectivity index is 2.03. The van der Waals surface area contributed by atoms with Crippen LogP contribution in [0, 0.1) is 3.57 Å². The van der Waals surface area contributed by atoms with Crippen molar-refractivity contribution < 1.29 is 0 Å². The highest BCUT2D eigenvalue weighted by Crippen LogP contribution is 2.34.